The van der Waals surface area contributed by atoms with Gasteiger partial charge in [-0.1, -0.05) is 30.3 Å². The van der Waals surface area contributed by atoms with Gasteiger partial charge < -0.3 is 19.3 Å². The number of methoxy groups -OCH3 is 1. The molecule has 1 saturated heterocycles. The third-order valence-corrected chi connectivity index (χ3v) is 5.15. The van der Waals surface area contributed by atoms with Crippen LogP contribution in [-0.2, 0) is 32.0 Å². The van der Waals surface area contributed by atoms with E-state index in [0.717, 1.165) is 35.5 Å². The predicted octanol–water partition coefficient (Wildman–Crippen LogP) is 2.39. The van der Waals surface area contributed by atoms with E-state index in [4.69, 9.17) is 24.2 Å². The first kappa shape index (κ1) is 24.5. The summed E-state index contributed by atoms with van der Waals surface area (Å²) in [5.74, 6) is -0.0556. The highest BCUT2D eigenvalue weighted by Crippen LogP contribution is 2.22. The van der Waals surface area contributed by atoms with Crippen LogP contribution in [-0.4, -0.2) is 61.7 Å². The number of aliphatic carboxylic acids is 1. The molecule has 0 amide bonds. The summed E-state index contributed by atoms with van der Waals surface area (Å²) in [5.41, 5.74) is 4.96. The standard InChI is InChI=1S/C24H30N2O7/c1-30-20-7-4-5-18(13-20)9-10-19-6-2-3-8-22(19)31-15-21(14-26-16-25-32-17-26)33-24(29)12-11-23(27)28/h2-8,13,21,25H,9-12,14-17H2,1H3,(H,27,28). The molecule has 1 aliphatic heterocycles. The fourth-order valence-corrected chi connectivity index (χ4v) is 3.44. The first-order valence-electron chi connectivity index (χ1n) is 10.9. The molecule has 33 heavy (non-hydrogen) atoms. The maximum absolute atomic E-state index is 12.1. The van der Waals surface area contributed by atoms with Gasteiger partial charge in [-0.05, 0) is 42.2 Å². The molecule has 1 unspecified atom stereocenters. The first-order valence-corrected chi connectivity index (χ1v) is 10.9. The Bertz CT molecular complexity index is 915. The molecule has 1 heterocycles. The highest BCUT2D eigenvalue weighted by Gasteiger charge is 2.22. The summed E-state index contributed by atoms with van der Waals surface area (Å²) >= 11 is 0. The van der Waals surface area contributed by atoms with Gasteiger partial charge in [-0.25, -0.2) is 0 Å². The Balaban J connectivity index is 1.60. The molecule has 2 aromatic carbocycles. The smallest absolute Gasteiger partial charge is 0.306 e. The number of aryl methyl sites for hydroxylation is 2. The van der Waals surface area contributed by atoms with Crippen LogP contribution in [0, 0.1) is 0 Å². The van der Waals surface area contributed by atoms with Gasteiger partial charge in [0.1, 0.15) is 30.9 Å². The summed E-state index contributed by atoms with van der Waals surface area (Å²) in [6.07, 6.45) is 0.574. The maximum atomic E-state index is 12.1. The van der Waals surface area contributed by atoms with Crippen molar-refractivity contribution in [2.45, 2.75) is 31.8 Å². The Morgan fingerprint density at radius 1 is 1.15 bits per heavy atom. The number of carboxylic acids is 1. The van der Waals surface area contributed by atoms with Crippen molar-refractivity contribution in [3.63, 3.8) is 0 Å². The lowest BCUT2D eigenvalue weighted by molar-refractivity contribution is -0.154. The Morgan fingerprint density at radius 2 is 2.00 bits per heavy atom. The molecule has 178 valence electrons. The Kier molecular flexibility index (Phi) is 9.49. The highest BCUT2D eigenvalue weighted by molar-refractivity contribution is 5.76. The number of esters is 1. The number of hydroxylamine groups is 1. The van der Waals surface area contributed by atoms with E-state index < -0.39 is 18.0 Å². The van der Waals surface area contributed by atoms with Crippen LogP contribution in [0.1, 0.15) is 24.0 Å². The maximum Gasteiger partial charge on any atom is 0.306 e. The molecule has 3 rings (SSSR count). The predicted molar refractivity (Wildman–Crippen MR) is 120 cm³/mol. The summed E-state index contributed by atoms with van der Waals surface area (Å²) in [6, 6.07) is 15.7. The van der Waals surface area contributed by atoms with Crippen molar-refractivity contribution in [3.8, 4) is 11.5 Å². The summed E-state index contributed by atoms with van der Waals surface area (Å²) in [7, 11) is 1.65. The lowest BCUT2D eigenvalue weighted by Crippen LogP contribution is -2.38. The molecule has 1 fully saturated rings. The van der Waals surface area contributed by atoms with E-state index in [1.807, 2.05) is 47.4 Å². The van der Waals surface area contributed by atoms with E-state index in [2.05, 4.69) is 11.5 Å². The van der Waals surface area contributed by atoms with Gasteiger partial charge in [0.25, 0.3) is 0 Å². The molecule has 0 aliphatic carbocycles. The van der Waals surface area contributed by atoms with Gasteiger partial charge in [0.15, 0.2) is 0 Å². The molecule has 1 atom stereocenters. The van der Waals surface area contributed by atoms with Crippen LogP contribution >= 0.6 is 0 Å². The van der Waals surface area contributed by atoms with E-state index in [9.17, 15) is 9.59 Å². The summed E-state index contributed by atoms with van der Waals surface area (Å²) in [4.78, 5) is 29.9. The SMILES string of the molecule is COc1cccc(CCc2ccccc2OCC(CN2CNOC2)OC(=O)CCC(=O)O)c1. The topological polar surface area (TPSA) is 107 Å². The minimum atomic E-state index is -1.04. The lowest BCUT2D eigenvalue weighted by Gasteiger charge is -2.23. The van der Waals surface area contributed by atoms with Crippen molar-refractivity contribution < 1.29 is 33.7 Å². The quantitative estimate of drug-likeness (QED) is 0.438. The number of benzene rings is 2. The molecule has 2 aromatic rings. The summed E-state index contributed by atoms with van der Waals surface area (Å²) in [6.45, 7) is 1.41. The van der Waals surface area contributed by atoms with Crippen LogP contribution in [0.15, 0.2) is 48.5 Å². The third kappa shape index (κ3) is 8.38. The van der Waals surface area contributed by atoms with E-state index >= 15 is 0 Å². The number of nitrogens with one attached hydrogen (secondary N) is 1. The number of hydrogen-bond donors (Lipinski definition) is 2. The zero-order valence-electron chi connectivity index (χ0n) is 18.7. The van der Waals surface area contributed by atoms with Gasteiger partial charge in [0.05, 0.1) is 26.6 Å². The Labute approximate surface area is 193 Å². The number of nitrogens with zero attached hydrogens (tertiary/aromatic N) is 1. The van der Waals surface area contributed by atoms with Crippen LogP contribution < -0.4 is 15.0 Å². The van der Waals surface area contributed by atoms with Crippen molar-refractivity contribution in [3.05, 3.63) is 59.7 Å². The summed E-state index contributed by atoms with van der Waals surface area (Å²) < 4.78 is 16.9. The van der Waals surface area contributed by atoms with E-state index in [-0.39, 0.29) is 19.4 Å². The molecule has 0 aromatic heterocycles. The van der Waals surface area contributed by atoms with Crippen LogP contribution in [0.4, 0.5) is 0 Å². The molecule has 0 spiro atoms. The van der Waals surface area contributed by atoms with Crippen LogP contribution in [0.2, 0.25) is 0 Å². The molecular formula is C24H30N2O7. The van der Waals surface area contributed by atoms with Crippen molar-refractivity contribution in [1.29, 1.82) is 0 Å². The van der Waals surface area contributed by atoms with Crippen molar-refractivity contribution in [2.75, 3.05) is 33.7 Å². The Hall–Kier alpha value is -3.14. The second-order valence-electron chi connectivity index (χ2n) is 7.71. The number of ether oxygens (including phenoxy) is 3. The van der Waals surface area contributed by atoms with E-state index in [0.29, 0.717) is 19.9 Å². The Morgan fingerprint density at radius 3 is 2.76 bits per heavy atom. The largest absolute Gasteiger partial charge is 0.497 e. The van der Waals surface area contributed by atoms with Gasteiger partial charge >= 0.3 is 11.9 Å². The van der Waals surface area contributed by atoms with Gasteiger partial charge in [-0.3, -0.25) is 19.3 Å². The van der Waals surface area contributed by atoms with Crippen LogP contribution in [0.25, 0.3) is 0 Å². The van der Waals surface area contributed by atoms with Gasteiger partial charge in [0.2, 0.25) is 0 Å². The van der Waals surface area contributed by atoms with Crippen molar-refractivity contribution in [1.82, 2.24) is 10.4 Å². The molecule has 1 aliphatic rings. The van der Waals surface area contributed by atoms with Gasteiger partial charge in [-0.15, -0.1) is 0 Å². The lowest BCUT2D eigenvalue weighted by atomic mass is 10.0. The van der Waals surface area contributed by atoms with Crippen molar-refractivity contribution in [2.24, 2.45) is 0 Å². The molecule has 0 bridgehead atoms. The zero-order valence-corrected chi connectivity index (χ0v) is 18.7. The minimum Gasteiger partial charge on any atom is -0.497 e. The third-order valence-electron chi connectivity index (χ3n) is 5.15. The minimum absolute atomic E-state index is 0.144. The molecule has 9 nitrogen and oxygen atoms in total. The number of rotatable bonds is 13. The molecule has 9 heteroatoms. The average Bonchev–Trinajstić information content (AvgIpc) is 3.33. The average molecular weight is 459 g/mol. The van der Waals surface area contributed by atoms with Crippen molar-refractivity contribution >= 4 is 11.9 Å². The molecule has 2 N–H and O–H groups in total. The fourth-order valence-electron chi connectivity index (χ4n) is 3.44. The van der Waals surface area contributed by atoms with E-state index in [1.54, 1.807) is 7.11 Å². The molecule has 0 radical (unpaired) electrons. The number of carboxylic acid groups (broad SMARTS) is 1. The number of para-hydroxylation sites is 1. The van der Waals surface area contributed by atoms with Gasteiger partial charge in [-0.2, -0.15) is 5.48 Å². The highest BCUT2D eigenvalue weighted by atomic mass is 16.7. The fraction of sp³-hybridized carbons (Fsp3) is 0.417. The summed E-state index contributed by atoms with van der Waals surface area (Å²) in [5, 5.41) is 8.80. The zero-order chi connectivity index (χ0) is 23.5. The molecular weight excluding hydrogens is 428 g/mol. The molecule has 0 saturated carbocycles. The second-order valence-corrected chi connectivity index (χ2v) is 7.71. The number of carbonyl (C=O) groups is 2. The second kappa shape index (κ2) is 12.8. The van der Waals surface area contributed by atoms with Crippen LogP contribution in [0.5, 0.6) is 11.5 Å². The number of carbonyl (C=O) groups excluding carboxylic acids is 1. The normalized spacial score (nSPS) is 14.6. The number of hydrogen-bond acceptors (Lipinski definition) is 8. The first-order chi connectivity index (χ1) is 16.0. The van der Waals surface area contributed by atoms with Crippen LogP contribution in [0.3, 0.4) is 0 Å². The van der Waals surface area contributed by atoms with E-state index in [1.165, 1.54) is 0 Å². The monoisotopic (exact) mass is 458 g/mol. The van der Waals surface area contributed by atoms with Gasteiger partial charge in [0, 0.05) is 6.54 Å².